The van der Waals surface area contributed by atoms with Crippen LogP contribution in [0.4, 0.5) is 0 Å². The SMILES string of the molecule is CC(=O)[C@H]1CCC(C)(C)C[C@H]1O. The number of ketones is 1. The zero-order valence-corrected chi connectivity index (χ0v) is 8.13. The Morgan fingerprint density at radius 1 is 1.50 bits per heavy atom. The first-order valence-electron chi connectivity index (χ1n) is 4.61. The molecule has 1 rings (SSSR count). The molecule has 0 aromatic rings. The van der Waals surface area contributed by atoms with E-state index in [4.69, 9.17) is 0 Å². The highest BCUT2D eigenvalue weighted by Gasteiger charge is 2.35. The van der Waals surface area contributed by atoms with E-state index in [1.807, 2.05) is 0 Å². The van der Waals surface area contributed by atoms with Crippen LogP contribution in [0.25, 0.3) is 0 Å². The highest BCUT2D eigenvalue weighted by molar-refractivity contribution is 5.78. The van der Waals surface area contributed by atoms with E-state index in [9.17, 15) is 9.90 Å². The number of hydrogen-bond donors (Lipinski definition) is 1. The highest BCUT2D eigenvalue weighted by atomic mass is 16.3. The van der Waals surface area contributed by atoms with E-state index in [0.717, 1.165) is 19.3 Å². The second kappa shape index (κ2) is 3.17. The van der Waals surface area contributed by atoms with Gasteiger partial charge in [0.2, 0.25) is 0 Å². The zero-order chi connectivity index (χ0) is 9.35. The molecule has 0 heterocycles. The number of hydrogen-bond acceptors (Lipinski definition) is 2. The van der Waals surface area contributed by atoms with Gasteiger partial charge in [0, 0.05) is 5.92 Å². The molecule has 2 atom stereocenters. The molecule has 1 fully saturated rings. The van der Waals surface area contributed by atoms with Gasteiger partial charge in [-0.1, -0.05) is 13.8 Å². The van der Waals surface area contributed by atoms with Gasteiger partial charge in [-0.05, 0) is 31.6 Å². The quantitative estimate of drug-likeness (QED) is 0.651. The van der Waals surface area contributed by atoms with Crippen LogP contribution in [-0.2, 0) is 4.79 Å². The van der Waals surface area contributed by atoms with Crippen molar-refractivity contribution < 1.29 is 9.90 Å². The molecule has 0 aliphatic heterocycles. The molecule has 0 unspecified atom stereocenters. The molecule has 0 bridgehead atoms. The number of Topliss-reactive ketones (excluding diaryl/α,β-unsaturated/α-hetero) is 1. The van der Waals surface area contributed by atoms with Crippen molar-refractivity contribution in [1.82, 2.24) is 0 Å². The molecule has 2 heteroatoms. The molecule has 0 aromatic heterocycles. The smallest absolute Gasteiger partial charge is 0.135 e. The van der Waals surface area contributed by atoms with Crippen LogP contribution in [-0.4, -0.2) is 17.0 Å². The normalized spacial score (nSPS) is 34.7. The summed E-state index contributed by atoms with van der Waals surface area (Å²) in [5.74, 6) is 0.0380. The molecule has 1 N–H and O–H groups in total. The van der Waals surface area contributed by atoms with Crippen LogP contribution in [0.15, 0.2) is 0 Å². The lowest BCUT2D eigenvalue weighted by Crippen LogP contribution is -2.37. The average molecular weight is 170 g/mol. The lowest BCUT2D eigenvalue weighted by molar-refractivity contribution is -0.127. The average Bonchev–Trinajstić information content (AvgIpc) is 1.83. The van der Waals surface area contributed by atoms with E-state index in [0.29, 0.717) is 0 Å². The Bertz CT molecular complexity index is 184. The molecule has 1 saturated carbocycles. The first kappa shape index (κ1) is 9.72. The van der Waals surface area contributed by atoms with Gasteiger partial charge in [-0.25, -0.2) is 0 Å². The van der Waals surface area contributed by atoms with Gasteiger partial charge < -0.3 is 5.11 Å². The van der Waals surface area contributed by atoms with Crippen LogP contribution in [0.1, 0.15) is 40.0 Å². The number of carbonyl (C=O) groups excluding carboxylic acids is 1. The summed E-state index contributed by atoms with van der Waals surface area (Å²) in [6.45, 7) is 5.87. The largest absolute Gasteiger partial charge is 0.392 e. The lowest BCUT2D eigenvalue weighted by Gasteiger charge is -2.37. The summed E-state index contributed by atoms with van der Waals surface area (Å²) in [5, 5.41) is 9.65. The predicted octanol–water partition coefficient (Wildman–Crippen LogP) is 1.76. The Kier molecular flexibility index (Phi) is 2.57. The summed E-state index contributed by atoms with van der Waals surface area (Å²) < 4.78 is 0. The maximum Gasteiger partial charge on any atom is 0.135 e. The molecular weight excluding hydrogens is 152 g/mol. The fourth-order valence-electron chi connectivity index (χ4n) is 2.02. The molecule has 0 saturated heterocycles. The van der Waals surface area contributed by atoms with Crippen molar-refractivity contribution in [3.63, 3.8) is 0 Å². The summed E-state index contributed by atoms with van der Waals surface area (Å²) in [5.41, 5.74) is 0.214. The predicted molar refractivity (Wildman–Crippen MR) is 47.8 cm³/mol. The van der Waals surface area contributed by atoms with E-state index in [1.165, 1.54) is 0 Å². The second-order valence-corrected chi connectivity index (χ2v) is 4.69. The third-order valence-electron chi connectivity index (χ3n) is 2.88. The van der Waals surface area contributed by atoms with Crippen LogP contribution >= 0.6 is 0 Å². The first-order valence-corrected chi connectivity index (χ1v) is 4.61. The molecule has 0 spiro atoms. The monoisotopic (exact) mass is 170 g/mol. The molecular formula is C10H18O2. The van der Waals surface area contributed by atoms with Crippen LogP contribution < -0.4 is 0 Å². The Hall–Kier alpha value is -0.370. The van der Waals surface area contributed by atoms with E-state index >= 15 is 0 Å². The van der Waals surface area contributed by atoms with Crippen LogP contribution in [0.3, 0.4) is 0 Å². The fourth-order valence-corrected chi connectivity index (χ4v) is 2.02. The Morgan fingerprint density at radius 3 is 2.50 bits per heavy atom. The molecule has 0 amide bonds. The van der Waals surface area contributed by atoms with Crippen LogP contribution in [0, 0.1) is 11.3 Å². The van der Waals surface area contributed by atoms with Gasteiger partial charge >= 0.3 is 0 Å². The summed E-state index contributed by atoms with van der Waals surface area (Å²) >= 11 is 0. The van der Waals surface area contributed by atoms with Gasteiger partial charge in [0.1, 0.15) is 5.78 Å². The van der Waals surface area contributed by atoms with Gasteiger partial charge in [0.05, 0.1) is 6.10 Å². The molecule has 70 valence electrons. The zero-order valence-electron chi connectivity index (χ0n) is 8.13. The van der Waals surface area contributed by atoms with Gasteiger partial charge in [0.15, 0.2) is 0 Å². The highest BCUT2D eigenvalue weighted by Crippen LogP contribution is 2.38. The van der Waals surface area contributed by atoms with Gasteiger partial charge in [-0.2, -0.15) is 0 Å². The second-order valence-electron chi connectivity index (χ2n) is 4.69. The molecule has 1 aliphatic carbocycles. The Morgan fingerprint density at radius 2 is 2.08 bits per heavy atom. The molecule has 0 radical (unpaired) electrons. The molecule has 0 aromatic carbocycles. The van der Waals surface area contributed by atoms with E-state index in [-0.39, 0.29) is 17.1 Å². The number of rotatable bonds is 1. The van der Waals surface area contributed by atoms with Crippen LogP contribution in [0.2, 0.25) is 0 Å². The summed E-state index contributed by atoms with van der Waals surface area (Å²) in [6, 6.07) is 0. The van der Waals surface area contributed by atoms with Crippen molar-refractivity contribution in [3.05, 3.63) is 0 Å². The van der Waals surface area contributed by atoms with Crippen molar-refractivity contribution in [3.8, 4) is 0 Å². The van der Waals surface area contributed by atoms with Gasteiger partial charge in [0.25, 0.3) is 0 Å². The maximum absolute atomic E-state index is 11.1. The van der Waals surface area contributed by atoms with Crippen molar-refractivity contribution in [2.75, 3.05) is 0 Å². The molecule has 2 nitrogen and oxygen atoms in total. The van der Waals surface area contributed by atoms with E-state index < -0.39 is 6.10 Å². The minimum Gasteiger partial charge on any atom is -0.392 e. The molecule has 1 aliphatic rings. The van der Waals surface area contributed by atoms with E-state index in [2.05, 4.69) is 13.8 Å². The number of carbonyl (C=O) groups is 1. The third-order valence-corrected chi connectivity index (χ3v) is 2.88. The van der Waals surface area contributed by atoms with Gasteiger partial charge in [-0.15, -0.1) is 0 Å². The summed E-state index contributed by atoms with van der Waals surface area (Å²) in [4.78, 5) is 11.1. The van der Waals surface area contributed by atoms with Crippen molar-refractivity contribution >= 4 is 5.78 Å². The topological polar surface area (TPSA) is 37.3 Å². The number of aliphatic hydroxyl groups excluding tert-OH is 1. The fraction of sp³-hybridized carbons (Fsp3) is 0.900. The van der Waals surface area contributed by atoms with Crippen molar-refractivity contribution in [1.29, 1.82) is 0 Å². The minimum atomic E-state index is -0.411. The standard InChI is InChI=1S/C10H18O2/c1-7(11)8-4-5-10(2,3)6-9(8)12/h8-9,12H,4-6H2,1-3H3/t8-,9-/m1/s1. The first-order chi connectivity index (χ1) is 5.42. The van der Waals surface area contributed by atoms with Crippen LogP contribution in [0.5, 0.6) is 0 Å². The maximum atomic E-state index is 11.1. The van der Waals surface area contributed by atoms with Gasteiger partial charge in [-0.3, -0.25) is 4.79 Å². The summed E-state index contributed by atoms with van der Waals surface area (Å²) in [7, 11) is 0. The minimum absolute atomic E-state index is 0.0991. The Labute approximate surface area is 74.0 Å². The van der Waals surface area contributed by atoms with Crippen molar-refractivity contribution in [2.24, 2.45) is 11.3 Å². The number of aliphatic hydroxyl groups is 1. The lowest BCUT2D eigenvalue weighted by atomic mass is 9.70. The third kappa shape index (κ3) is 2.07. The Balaban J connectivity index is 2.60. The van der Waals surface area contributed by atoms with E-state index in [1.54, 1.807) is 6.92 Å². The summed E-state index contributed by atoms with van der Waals surface area (Å²) in [6.07, 6.45) is 2.25. The molecule has 12 heavy (non-hydrogen) atoms. The van der Waals surface area contributed by atoms with Crippen molar-refractivity contribution in [2.45, 2.75) is 46.1 Å².